The molecule has 3 rings (SSSR count). The number of sulfonamides is 1. The highest BCUT2D eigenvalue weighted by molar-refractivity contribution is 9.10. The van der Waals surface area contributed by atoms with E-state index < -0.39 is 15.9 Å². The van der Waals surface area contributed by atoms with Gasteiger partial charge in [0.1, 0.15) is 0 Å². The molecular formula is C21H19BrN2O3S2. The van der Waals surface area contributed by atoms with Crippen molar-refractivity contribution in [2.24, 2.45) is 5.14 Å². The third kappa shape index (κ3) is 5.48. The number of halogens is 1. The Hall–Kier alpha value is -2.13. The molecule has 0 atom stereocenters. The first kappa shape index (κ1) is 21.6. The number of aryl methyl sites for hydroxylation is 2. The van der Waals surface area contributed by atoms with Crippen LogP contribution in [0.5, 0.6) is 0 Å². The number of benzene rings is 3. The van der Waals surface area contributed by atoms with Crippen molar-refractivity contribution in [2.75, 3.05) is 5.32 Å². The summed E-state index contributed by atoms with van der Waals surface area (Å²) in [7, 11) is -3.89. The minimum Gasteiger partial charge on any atom is -0.322 e. The SMILES string of the molecule is Cc1ccc(Sc2ccc(NC(=O)c3cc(S(N)(=O)=O)ccc3Br)cc2)c(C)c1. The maximum Gasteiger partial charge on any atom is 0.256 e. The van der Waals surface area contributed by atoms with Crippen LogP contribution in [0.15, 0.2) is 79.8 Å². The molecular weight excluding hydrogens is 472 g/mol. The number of anilines is 1. The molecule has 5 nitrogen and oxygen atoms in total. The van der Waals surface area contributed by atoms with Crippen LogP contribution in [-0.2, 0) is 10.0 Å². The molecule has 29 heavy (non-hydrogen) atoms. The number of amides is 1. The molecule has 0 saturated heterocycles. The molecule has 150 valence electrons. The minimum absolute atomic E-state index is 0.119. The van der Waals surface area contributed by atoms with E-state index in [-0.39, 0.29) is 10.5 Å². The molecule has 3 N–H and O–H groups in total. The van der Waals surface area contributed by atoms with Gasteiger partial charge in [0.05, 0.1) is 10.5 Å². The topological polar surface area (TPSA) is 89.3 Å². The average Bonchev–Trinajstić information content (AvgIpc) is 2.65. The van der Waals surface area contributed by atoms with Gasteiger partial charge in [-0.05, 0) is 83.9 Å². The fourth-order valence-electron chi connectivity index (χ4n) is 2.70. The van der Waals surface area contributed by atoms with Gasteiger partial charge in [-0.2, -0.15) is 0 Å². The predicted molar refractivity (Wildman–Crippen MR) is 120 cm³/mol. The quantitative estimate of drug-likeness (QED) is 0.519. The summed E-state index contributed by atoms with van der Waals surface area (Å²) in [6.07, 6.45) is 0. The summed E-state index contributed by atoms with van der Waals surface area (Å²) in [4.78, 5) is 14.7. The molecule has 0 aromatic heterocycles. The van der Waals surface area contributed by atoms with Crippen molar-refractivity contribution in [3.05, 3.63) is 81.8 Å². The van der Waals surface area contributed by atoms with Crippen molar-refractivity contribution >= 4 is 49.3 Å². The maximum atomic E-state index is 12.6. The molecule has 0 aliphatic rings. The van der Waals surface area contributed by atoms with E-state index >= 15 is 0 Å². The number of rotatable bonds is 5. The molecule has 0 unspecified atom stereocenters. The summed E-state index contributed by atoms with van der Waals surface area (Å²) < 4.78 is 23.5. The van der Waals surface area contributed by atoms with Gasteiger partial charge >= 0.3 is 0 Å². The predicted octanol–water partition coefficient (Wildman–Crippen LogP) is 5.12. The van der Waals surface area contributed by atoms with Gasteiger partial charge in [0.25, 0.3) is 5.91 Å². The number of nitrogens with one attached hydrogen (secondary N) is 1. The number of carbonyl (C=O) groups is 1. The molecule has 0 aliphatic heterocycles. The second-order valence-electron chi connectivity index (χ2n) is 6.54. The zero-order valence-electron chi connectivity index (χ0n) is 15.8. The lowest BCUT2D eigenvalue weighted by molar-refractivity contribution is 0.102. The Kier molecular flexibility index (Phi) is 6.48. The molecule has 0 saturated carbocycles. The van der Waals surface area contributed by atoms with Gasteiger partial charge in [-0.1, -0.05) is 29.5 Å². The van der Waals surface area contributed by atoms with Crippen LogP contribution in [-0.4, -0.2) is 14.3 Å². The summed E-state index contributed by atoms with van der Waals surface area (Å²) >= 11 is 4.93. The first-order chi connectivity index (χ1) is 13.6. The van der Waals surface area contributed by atoms with E-state index in [1.165, 1.54) is 34.2 Å². The van der Waals surface area contributed by atoms with Gasteiger partial charge in [0.2, 0.25) is 10.0 Å². The van der Waals surface area contributed by atoms with E-state index in [1.54, 1.807) is 23.9 Å². The first-order valence-corrected chi connectivity index (χ1v) is 11.8. The normalized spacial score (nSPS) is 11.3. The Morgan fingerprint density at radius 2 is 1.69 bits per heavy atom. The lowest BCUT2D eigenvalue weighted by Gasteiger charge is -2.10. The van der Waals surface area contributed by atoms with Crippen molar-refractivity contribution in [3.63, 3.8) is 0 Å². The Labute approximate surface area is 182 Å². The van der Waals surface area contributed by atoms with Crippen LogP contribution in [0.1, 0.15) is 21.5 Å². The van der Waals surface area contributed by atoms with Crippen LogP contribution in [0.4, 0.5) is 5.69 Å². The molecule has 1 amide bonds. The fourth-order valence-corrected chi connectivity index (χ4v) is 4.55. The number of hydrogen-bond donors (Lipinski definition) is 2. The first-order valence-electron chi connectivity index (χ1n) is 8.62. The zero-order chi connectivity index (χ0) is 21.2. The summed E-state index contributed by atoms with van der Waals surface area (Å²) in [6.45, 7) is 4.15. The summed E-state index contributed by atoms with van der Waals surface area (Å²) in [5.74, 6) is -0.433. The van der Waals surface area contributed by atoms with Crippen LogP contribution in [0.2, 0.25) is 0 Å². The van der Waals surface area contributed by atoms with Crippen molar-refractivity contribution < 1.29 is 13.2 Å². The van der Waals surface area contributed by atoms with E-state index in [1.807, 2.05) is 12.1 Å². The highest BCUT2D eigenvalue weighted by atomic mass is 79.9. The van der Waals surface area contributed by atoms with Crippen molar-refractivity contribution in [3.8, 4) is 0 Å². The zero-order valence-corrected chi connectivity index (χ0v) is 19.0. The fraction of sp³-hybridized carbons (Fsp3) is 0.0952. The highest BCUT2D eigenvalue weighted by Gasteiger charge is 2.16. The van der Waals surface area contributed by atoms with Crippen molar-refractivity contribution in [1.82, 2.24) is 0 Å². The van der Waals surface area contributed by atoms with E-state index in [4.69, 9.17) is 5.14 Å². The van der Waals surface area contributed by atoms with Crippen LogP contribution < -0.4 is 10.5 Å². The third-order valence-electron chi connectivity index (χ3n) is 4.18. The number of carbonyl (C=O) groups excluding carboxylic acids is 1. The largest absolute Gasteiger partial charge is 0.322 e. The molecule has 0 heterocycles. The second-order valence-corrected chi connectivity index (χ2v) is 10.1. The summed E-state index contributed by atoms with van der Waals surface area (Å²) in [5.41, 5.74) is 3.23. The second kappa shape index (κ2) is 8.71. The van der Waals surface area contributed by atoms with Gasteiger partial charge in [-0.15, -0.1) is 0 Å². The minimum atomic E-state index is -3.89. The number of primary sulfonamides is 1. The van der Waals surface area contributed by atoms with Crippen LogP contribution in [0.3, 0.4) is 0 Å². The molecule has 8 heteroatoms. The van der Waals surface area contributed by atoms with Gasteiger partial charge in [0.15, 0.2) is 0 Å². The Morgan fingerprint density at radius 3 is 2.31 bits per heavy atom. The van der Waals surface area contributed by atoms with E-state index in [0.717, 1.165) is 4.90 Å². The Balaban J connectivity index is 1.75. The monoisotopic (exact) mass is 490 g/mol. The van der Waals surface area contributed by atoms with E-state index in [9.17, 15) is 13.2 Å². The van der Waals surface area contributed by atoms with E-state index in [0.29, 0.717) is 10.2 Å². The highest BCUT2D eigenvalue weighted by Crippen LogP contribution is 2.31. The van der Waals surface area contributed by atoms with Crippen molar-refractivity contribution in [1.29, 1.82) is 0 Å². The van der Waals surface area contributed by atoms with Crippen molar-refractivity contribution in [2.45, 2.75) is 28.5 Å². The number of hydrogen-bond acceptors (Lipinski definition) is 4. The number of nitrogens with two attached hydrogens (primary N) is 1. The van der Waals surface area contributed by atoms with Crippen LogP contribution >= 0.6 is 27.7 Å². The molecule has 3 aromatic rings. The summed E-state index contributed by atoms with van der Waals surface area (Å²) in [5, 5.41) is 7.92. The Morgan fingerprint density at radius 1 is 1.00 bits per heavy atom. The van der Waals surface area contributed by atoms with Gasteiger partial charge < -0.3 is 5.32 Å². The molecule has 0 spiro atoms. The van der Waals surface area contributed by atoms with Crippen LogP contribution in [0.25, 0.3) is 0 Å². The average molecular weight is 491 g/mol. The molecule has 0 bridgehead atoms. The third-order valence-corrected chi connectivity index (χ3v) is 6.97. The van der Waals surface area contributed by atoms with E-state index in [2.05, 4.69) is 53.3 Å². The maximum absolute atomic E-state index is 12.6. The molecule has 0 fully saturated rings. The molecule has 3 aromatic carbocycles. The summed E-state index contributed by atoms with van der Waals surface area (Å²) in [6, 6.07) is 17.9. The van der Waals surface area contributed by atoms with Gasteiger partial charge in [-0.25, -0.2) is 13.6 Å². The Bertz CT molecular complexity index is 1180. The van der Waals surface area contributed by atoms with Gasteiger partial charge in [0, 0.05) is 20.0 Å². The van der Waals surface area contributed by atoms with Crippen LogP contribution in [0, 0.1) is 13.8 Å². The lowest BCUT2D eigenvalue weighted by atomic mass is 10.2. The smallest absolute Gasteiger partial charge is 0.256 e. The molecule has 0 aliphatic carbocycles. The standard InChI is InChI=1S/C21H19BrN2O3S2/c1-13-3-10-20(14(2)11-13)28-16-6-4-15(5-7-16)24-21(25)18-12-17(29(23,26)27)8-9-19(18)22/h3-12H,1-2H3,(H,24,25)(H2,23,26,27). The molecule has 0 radical (unpaired) electrons. The van der Waals surface area contributed by atoms with Gasteiger partial charge in [-0.3, -0.25) is 4.79 Å². The lowest BCUT2D eigenvalue weighted by Crippen LogP contribution is -2.16.